The molecular weight excluding hydrogens is 662 g/mol. The first-order valence-corrected chi connectivity index (χ1v) is 16.3. The predicted molar refractivity (Wildman–Crippen MR) is 170 cm³/mol. The van der Waals surface area contributed by atoms with Crippen LogP contribution in [0.4, 0.5) is 29.1 Å². The van der Waals surface area contributed by atoms with Crippen molar-refractivity contribution in [1.82, 2.24) is 9.97 Å². The Kier molecular flexibility index (Phi) is 10.1. The molecule has 9 nitrogen and oxygen atoms in total. The second-order valence-corrected chi connectivity index (χ2v) is 13.3. The number of aromatic nitrogens is 2. The third-order valence-electron chi connectivity index (χ3n) is 8.17. The molecule has 5 rings (SSSR count). The summed E-state index contributed by atoms with van der Waals surface area (Å²) in [5.41, 5.74) is 6.45. The molecule has 1 saturated carbocycles. The van der Waals surface area contributed by atoms with Gasteiger partial charge >= 0.3 is 6.18 Å². The van der Waals surface area contributed by atoms with E-state index in [2.05, 4.69) is 15.3 Å². The number of rotatable bonds is 10. The minimum Gasteiger partial charge on any atom is -0.497 e. The van der Waals surface area contributed by atoms with Crippen molar-refractivity contribution < 1.29 is 35.5 Å². The zero-order valence-corrected chi connectivity index (χ0v) is 26.9. The van der Waals surface area contributed by atoms with Crippen molar-refractivity contribution in [2.45, 2.75) is 54.9 Å². The second-order valence-electron chi connectivity index (χ2n) is 11.0. The summed E-state index contributed by atoms with van der Waals surface area (Å²) in [6.07, 6.45) is -0.951. The van der Waals surface area contributed by atoms with E-state index in [9.17, 15) is 21.6 Å². The van der Waals surface area contributed by atoms with Crippen LogP contribution in [0, 0.1) is 5.82 Å². The number of benzene rings is 3. The molecular formula is C32H32ClF4N5O4S. The fourth-order valence-corrected chi connectivity index (χ4v) is 7.55. The monoisotopic (exact) mass is 693 g/mol. The van der Waals surface area contributed by atoms with Gasteiger partial charge in [-0.15, -0.1) is 0 Å². The highest BCUT2D eigenvalue weighted by Crippen LogP contribution is 2.41. The van der Waals surface area contributed by atoms with E-state index in [1.165, 1.54) is 44.9 Å². The van der Waals surface area contributed by atoms with Crippen LogP contribution in [0.15, 0.2) is 78.1 Å². The van der Waals surface area contributed by atoms with E-state index in [4.69, 9.17) is 26.8 Å². The molecule has 0 radical (unpaired) electrons. The van der Waals surface area contributed by atoms with Gasteiger partial charge in [-0.25, -0.2) is 27.1 Å². The van der Waals surface area contributed by atoms with E-state index in [1.54, 1.807) is 24.3 Å². The molecule has 3 atom stereocenters. The Balaban J connectivity index is 1.40. The van der Waals surface area contributed by atoms with E-state index in [1.807, 2.05) is 0 Å². The average molecular weight is 694 g/mol. The van der Waals surface area contributed by atoms with E-state index in [-0.39, 0.29) is 35.1 Å². The first kappa shape index (κ1) is 34.2. The predicted octanol–water partition coefficient (Wildman–Crippen LogP) is 6.78. The first-order valence-electron chi connectivity index (χ1n) is 14.5. The van der Waals surface area contributed by atoms with Crippen LogP contribution >= 0.6 is 11.6 Å². The molecule has 0 spiro atoms. The van der Waals surface area contributed by atoms with Crippen LogP contribution in [-0.4, -0.2) is 44.7 Å². The van der Waals surface area contributed by atoms with Crippen molar-refractivity contribution in [3.8, 4) is 11.5 Å². The molecule has 0 amide bonds. The summed E-state index contributed by atoms with van der Waals surface area (Å²) < 4.78 is 96.3. The van der Waals surface area contributed by atoms with Crippen LogP contribution < -0.4 is 24.8 Å². The molecule has 1 aliphatic rings. The summed E-state index contributed by atoms with van der Waals surface area (Å²) in [7, 11) is -1.71. The Morgan fingerprint density at radius 2 is 1.83 bits per heavy atom. The Morgan fingerprint density at radius 3 is 2.49 bits per heavy atom. The van der Waals surface area contributed by atoms with Crippen LogP contribution in [-0.2, 0) is 22.7 Å². The van der Waals surface area contributed by atoms with E-state index < -0.39 is 50.5 Å². The standard InChI is InChI=1S/C32H32ClF4N5O4S/c1-45-21-9-7-20(29(14-21)46-2)17-42(31-11-12-39-18-40-31)47(43,44)30-15-24(33)28(16-25(30)34)41-27-10-8-19(13-26(27)38)22-5-3-4-6-23(22)32(35,36)37/h3-7,9,11-12,14-16,18-19,26-27,41H,8,10,13,17,38H2,1-2H3. The number of alkyl halides is 3. The van der Waals surface area contributed by atoms with Gasteiger partial charge in [0, 0.05) is 36.0 Å². The van der Waals surface area contributed by atoms with E-state index in [0.717, 1.165) is 22.5 Å². The van der Waals surface area contributed by atoms with Crippen LogP contribution in [0.1, 0.15) is 41.9 Å². The maximum absolute atomic E-state index is 15.8. The van der Waals surface area contributed by atoms with Gasteiger partial charge in [0.15, 0.2) is 0 Å². The summed E-state index contributed by atoms with van der Waals surface area (Å²) in [6, 6.07) is 12.6. The maximum Gasteiger partial charge on any atom is 0.416 e. The molecule has 1 fully saturated rings. The third kappa shape index (κ3) is 7.39. The van der Waals surface area contributed by atoms with Crippen LogP contribution in [0.5, 0.6) is 11.5 Å². The van der Waals surface area contributed by atoms with Crippen molar-refractivity contribution in [2.24, 2.45) is 5.73 Å². The summed E-state index contributed by atoms with van der Waals surface area (Å²) in [5.74, 6) is -0.700. The lowest BCUT2D eigenvalue weighted by molar-refractivity contribution is -0.138. The molecule has 250 valence electrons. The number of nitrogens with two attached hydrogens (primary N) is 1. The largest absolute Gasteiger partial charge is 0.497 e. The molecule has 0 aliphatic heterocycles. The molecule has 1 aromatic heterocycles. The highest BCUT2D eigenvalue weighted by atomic mass is 35.5. The lowest BCUT2D eigenvalue weighted by atomic mass is 9.77. The topological polar surface area (TPSA) is 120 Å². The van der Waals surface area contributed by atoms with Crippen LogP contribution in [0.25, 0.3) is 0 Å². The molecule has 0 saturated heterocycles. The number of ether oxygens (including phenoxy) is 2. The quantitative estimate of drug-likeness (QED) is 0.175. The molecule has 3 aromatic carbocycles. The SMILES string of the molecule is COc1ccc(CN(c2ccncn2)S(=O)(=O)c2cc(Cl)c(NC3CCC(c4ccccc4C(F)(F)F)CC3N)cc2F)c(OC)c1. The Labute approximate surface area is 274 Å². The van der Waals surface area contributed by atoms with Crippen molar-refractivity contribution >= 4 is 33.1 Å². The van der Waals surface area contributed by atoms with Crippen LogP contribution in [0.2, 0.25) is 5.02 Å². The smallest absolute Gasteiger partial charge is 0.416 e. The van der Waals surface area contributed by atoms with Gasteiger partial charge in [0.2, 0.25) is 0 Å². The molecule has 3 N–H and O–H groups in total. The number of nitrogens with one attached hydrogen (secondary N) is 1. The van der Waals surface area contributed by atoms with Crippen LogP contribution in [0.3, 0.4) is 0 Å². The molecule has 0 bridgehead atoms. The fraction of sp³-hybridized carbons (Fsp3) is 0.312. The minimum absolute atomic E-state index is 0.0228. The van der Waals surface area contributed by atoms with E-state index >= 15 is 4.39 Å². The van der Waals surface area contributed by atoms with Crippen molar-refractivity contribution in [3.05, 3.63) is 101 Å². The Bertz CT molecular complexity index is 1830. The van der Waals surface area contributed by atoms with Gasteiger partial charge in [-0.1, -0.05) is 29.8 Å². The van der Waals surface area contributed by atoms with Crippen molar-refractivity contribution in [1.29, 1.82) is 0 Å². The second kappa shape index (κ2) is 13.9. The van der Waals surface area contributed by atoms with Crippen molar-refractivity contribution in [2.75, 3.05) is 23.8 Å². The summed E-state index contributed by atoms with van der Waals surface area (Å²) in [6.45, 7) is -0.279. The third-order valence-corrected chi connectivity index (χ3v) is 10.2. The van der Waals surface area contributed by atoms with Gasteiger partial charge < -0.3 is 20.5 Å². The van der Waals surface area contributed by atoms with Gasteiger partial charge in [-0.3, -0.25) is 0 Å². The van der Waals surface area contributed by atoms with Gasteiger partial charge in [0.05, 0.1) is 37.0 Å². The fourth-order valence-electron chi connectivity index (χ4n) is 5.79. The molecule has 3 unspecified atom stereocenters. The number of methoxy groups -OCH3 is 2. The van der Waals surface area contributed by atoms with Gasteiger partial charge in [-0.2, -0.15) is 13.2 Å². The highest BCUT2D eigenvalue weighted by Gasteiger charge is 2.38. The molecule has 1 aliphatic carbocycles. The number of nitrogens with zero attached hydrogens (tertiary/aromatic N) is 3. The van der Waals surface area contributed by atoms with Gasteiger partial charge in [-0.05, 0) is 61.1 Å². The molecule has 1 heterocycles. The van der Waals surface area contributed by atoms with Gasteiger partial charge in [0.1, 0.15) is 34.4 Å². The number of halogens is 5. The highest BCUT2D eigenvalue weighted by molar-refractivity contribution is 7.92. The zero-order chi connectivity index (χ0) is 33.9. The zero-order valence-electron chi connectivity index (χ0n) is 25.3. The normalized spacial score (nSPS) is 18.4. The number of sulfonamides is 1. The summed E-state index contributed by atoms with van der Waals surface area (Å²) in [4.78, 5) is 7.24. The number of anilines is 2. The summed E-state index contributed by atoms with van der Waals surface area (Å²) >= 11 is 6.52. The Morgan fingerprint density at radius 1 is 1.06 bits per heavy atom. The number of hydrogen-bond acceptors (Lipinski definition) is 8. The maximum atomic E-state index is 15.8. The number of hydrogen-bond donors (Lipinski definition) is 2. The Hall–Kier alpha value is -4.14. The lowest BCUT2D eigenvalue weighted by Gasteiger charge is -2.36. The first-order chi connectivity index (χ1) is 22.3. The molecule has 4 aromatic rings. The molecule has 15 heteroatoms. The average Bonchev–Trinajstić information content (AvgIpc) is 3.05. The van der Waals surface area contributed by atoms with Crippen molar-refractivity contribution in [3.63, 3.8) is 0 Å². The minimum atomic E-state index is -4.61. The van der Waals surface area contributed by atoms with E-state index in [0.29, 0.717) is 29.9 Å². The summed E-state index contributed by atoms with van der Waals surface area (Å²) in [5, 5.41) is 2.99. The van der Waals surface area contributed by atoms with Gasteiger partial charge in [0.25, 0.3) is 10.0 Å². The molecule has 47 heavy (non-hydrogen) atoms. The lowest BCUT2D eigenvalue weighted by Crippen LogP contribution is -2.44.